The summed E-state index contributed by atoms with van der Waals surface area (Å²) in [6.45, 7) is 0. The molecule has 4 heteroatoms. The minimum Gasteiger partial charge on any atom is -0.398 e. The normalized spacial score (nSPS) is 10.2. The van der Waals surface area contributed by atoms with Crippen molar-refractivity contribution in [1.82, 2.24) is 4.98 Å². The first-order valence-electron chi connectivity index (χ1n) is 3.79. The summed E-state index contributed by atoms with van der Waals surface area (Å²) in [6.07, 6.45) is 1.50. The van der Waals surface area contributed by atoms with E-state index >= 15 is 0 Å². The number of aromatic nitrogens is 1. The molecule has 0 amide bonds. The molecule has 13 heavy (non-hydrogen) atoms. The Morgan fingerprint density at radius 2 is 2.31 bits per heavy atom. The van der Waals surface area contributed by atoms with E-state index in [1.54, 1.807) is 6.07 Å². The van der Waals surface area contributed by atoms with E-state index in [-0.39, 0.29) is 5.56 Å². The van der Waals surface area contributed by atoms with Crippen molar-refractivity contribution < 1.29 is 0 Å². The van der Waals surface area contributed by atoms with E-state index in [0.717, 1.165) is 4.88 Å². The highest BCUT2D eigenvalue weighted by Gasteiger charge is 2.03. The number of nitrogen functional groups attached to an aromatic ring is 1. The average molecular weight is 192 g/mol. The lowest BCUT2D eigenvalue weighted by atomic mass is 10.2. The maximum atomic E-state index is 11.4. The summed E-state index contributed by atoms with van der Waals surface area (Å²) in [5.74, 6) is 0. The zero-order valence-electron chi connectivity index (χ0n) is 6.78. The Morgan fingerprint density at radius 3 is 3.00 bits per heavy atom. The Bertz CT molecular complexity index is 459. The first kappa shape index (κ1) is 8.07. The molecule has 2 aromatic rings. The average Bonchev–Trinajstić information content (AvgIpc) is 2.61. The van der Waals surface area contributed by atoms with E-state index in [1.807, 2.05) is 17.5 Å². The molecular weight excluding hydrogens is 184 g/mol. The van der Waals surface area contributed by atoms with Crippen LogP contribution in [0.15, 0.2) is 34.6 Å². The van der Waals surface area contributed by atoms with Gasteiger partial charge in [-0.1, -0.05) is 6.07 Å². The molecule has 3 nitrogen and oxygen atoms in total. The third-order valence-electron chi connectivity index (χ3n) is 1.71. The highest BCUT2D eigenvalue weighted by atomic mass is 32.1. The second kappa shape index (κ2) is 3.06. The molecule has 0 aromatic carbocycles. The van der Waals surface area contributed by atoms with Crippen LogP contribution in [0.5, 0.6) is 0 Å². The zero-order valence-corrected chi connectivity index (χ0v) is 7.60. The van der Waals surface area contributed by atoms with E-state index in [1.165, 1.54) is 17.5 Å². The molecule has 3 N–H and O–H groups in total. The van der Waals surface area contributed by atoms with Gasteiger partial charge in [0.2, 0.25) is 0 Å². The maximum Gasteiger partial charge on any atom is 0.256 e. The minimum atomic E-state index is -0.100. The van der Waals surface area contributed by atoms with E-state index in [9.17, 15) is 4.79 Å². The third-order valence-corrected chi connectivity index (χ3v) is 2.62. The molecule has 2 rings (SSSR count). The lowest BCUT2D eigenvalue weighted by molar-refractivity contribution is 1.25. The van der Waals surface area contributed by atoms with Crippen LogP contribution >= 0.6 is 11.3 Å². The predicted molar refractivity (Wildman–Crippen MR) is 54.8 cm³/mol. The molecule has 0 radical (unpaired) electrons. The van der Waals surface area contributed by atoms with Crippen LogP contribution in [0.3, 0.4) is 0 Å². The molecule has 0 saturated heterocycles. The van der Waals surface area contributed by atoms with Crippen LogP contribution in [-0.4, -0.2) is 4.98 Å². The zero-order chi connectivity index (χ0) is 9.26. The number of rotatable bonds is 1. The van der Waals surface area contributed by atoms with Crippen LogP contribution < -0.4 is 11.3 Å². The molecule has 0 unspecified atom stereocenters. The van der Waals surface area contributed by atoms with E-state index in [4.69, 9.17) is 5.73 Å². The van der Waals surface area contributed by atoms with Gasteiger partial charge in [0.15, 0.2) is 0 Å². The Balaban J connectivity index is 2.64. The lowest BCUT2D eigenvalue weighted by Gasteiger charge is -1.96. The Labute approximate surface area is 78.8 Å². The summed E-state index contributed by atoms with van der Waals surface area (Å²) in [7, 11) is 0. The first-order valence-corrected chi connectivity index (χ1v) is 4.67. The second-order valence-electron chi connectivity index (χ2n) is 2.65. The highest BCUT2D eigenvalue weighted by Crippen LogP contribution is 2.21. The Kier molecular flexibility index (Phi) is 1.90. The number of nitrogens with one attached hydrogen (secondary N) is 1. The predicted octanol–water partition coefficient (Wildman–Crippen LogP) is 1.69. The summed E-state index contributed by atoms with van der Waals surface area (Å²) in [4.78, 5) is 14.9. The Hall–Kier alpha value is -1.55. The fraction of sp³-hybridized carbons (Fsp3) is 0. The topological polar surface area (TPSA) is 58.9 Å². The van der Waals surface area contributed by atoms with E-state index < -0.39 is 0 Å². The number of nitrogens with two attached hydrogens (primary N) is 1. The molecule has 2 heterocycles. The number of aromatic amines is 1. The largest absolute Gasteiger partial charge is 0.398 e. The first-order chi connectivity index (χ1) is 6.27. The van der Waals surface area contributed by atoms with Gasteiger partial charge in [0.05, 0.1) is 5.56 Å². The van der Waals surface area contributed by atoms with Gasteiger partial charge in [0.1, 0.15) is 0 Å². The van der Waals surface area contributed by atoms with Gasteiger partial charge in [-0.25, -0.2) is 0 Å². The minimum absolute atomic E-state index is 0.100. The molecule has 0 aliphatic rings. The van der Waals surface area contributed by atoms with Crippen LogP contribution in [0.1, 0.15) is 0 Å². The molecule has 0 aliphatic carbocycles. The fourth-order valence-electron chi connectivity index (χ4n) is 1.12. The SMILES string of the molecule is Nc1c[nH]c(=O)c(-c2cccs2)c1. The maximum absolute atomic E-state index is 11.4. The third kappa shape index (κ3) is 1.48. The van der Waals surface area contributed by atoms with Gasteiger partial charge in [-0.3, -0.25) is 4.79 Å². The molecule has 66 valence electrons. The molecule has 0 spiro atoms. The Morgan fingerprint density at radius 1 is 1.46 bits per heavy atom. The molecular formula is C9H8N2OS. The van der Waals surface area contributed by atoms with Crippen molar-refractivity contribution >= 4 is 17.0 Å². The number of H-pyrrole nitrogens is 1. The van der Waals surface area contributed by atoms with Crippen LogP contribution in [0.2, 0.25) is 0 Å². The fourth-order valence-corrected chi connectivity index (χ4v) is 1.85. The molecule has 0 bridgehead atoms. The van der Waals surface area contributed by atoms with Crippen molar-refractivity contribution in [2.75, 3.05) is 5.73 Å². The van der Waals surface area contributed by atoms with Crippen molar-refractivity contribution in [3.8, 4) is 10.4 Å². The number of hydrogen-bond donors (Lipinski definition) is 2. The van der Waals surface area contributed by atoms with Crippen LogP contribution in [0.25, 0.3) is 10.4 Å². The van der Waals surface area contributed by atoms with Crippen LogP contribution in [-0.2, 0) is 0 Å². The van der Waals surface area contributed by atoms with Crippen LogP contribution in [0.4, 0.5) is 5.69 Å². The standard InChI is InChI=1S/C9H8N2OS/c10-6-4-7(9(12)11-5-6)8-2-1-3-13-8/h1-5H,10H2,(H,11,12). The lowest BCUT2D eigenvalue weighted by Crippen LogP contribution is -2.08. The summed E-state index contributed by atoms with van der Waals surface area (Å²) >= 11 is 1.52. The van der Waals surface area contributed by atoms with Gasteiger partial charge in [0, 0.05) is 16.8 Å². The monoisotopic (exact) mass is 192 g/mol. The van der Waals surface area contributed by atoms with Gasteiger partial charge in [-0.15, -0.1) is 11.3 Å². The molecule has 0 aliphatic heterocycles. The van der Waals surface area contributed by atoms with Gasteiger partial charge in [-0.2, -0.15) is 0 Å². The number of hydrogen-bond acceptors (Lipinski definition) is 3. The van der Waals surface area contributed by atoms with Crippen molar-refractivity contribution in [1.29, 1.82) is 0 Å². The number of anilines is 1. The molecule has 0 atom stereocenters. The molecule has 0 saturated carbocycles. The summed E-state index contributed by atoms with van der Waals surface area (Å²) in [5, 5.41) is 1.93. The smallest absolute Gasteiger partial charge is 0.256 e. The van der Waals surface area contributed by atoms with Gasteiger partial charge in [0.25, 0.3) is 5.56 Å². The summed E-state index contributed by atoms with van der Waals surface area (Å²) in [6, 6.07) is 5.49. The van der Waals surface area contributed by atoms with Gasteiger partial charge >= 0.3 is 0 Å². The van der Waals surface area contributed by atoms with E-state index in [2.05, 4.69) is 4.98 Å². The van der Waals surface area contributed by atoms with Gasteiger partial charge in [-0.05, 0) is 17.5 Å². The molecule has 2 aromatic heterocycles. The van der Waals surface area contributed by atoms with Crippen molar-refractivity contribution in [2.24, 2.45) is 0 Å². The summed E-state index contributed by atoms with van der Waals surface area (Å²) < 4.78 is 0. The quantitative estimate of drug-likeness (QED) is 0.722. The second-order valence-corrected chi connectivity index (χ2v) is 3.60. The van der Waals surface area contributed by atoms with Gasteiger partial charge < -0.3 is 10.7 Å². The number of pyridine rings is 1. The highest BCUT2D eigenvalue weighted by molar-refractivity contribution is 7.13. The molecule has 0 fully saturated rings. The van der Waals surface area contributed by atoms with Crippen molar-refractivity contribution in [3.05, 3.63) is 40.1 Å². The van der Waals surface area contributed by atoms with E-state index in [0.29, 0.717) is 11.3 Å². The number of thiophene rings is 1. The van der Waals surface area contributed by atoms with Crippen LogP contribution in [0, 0.1) is 0 Å². The van der Waals surface area contributed by atoms with Crippen molar-refractivity contribution in [2.45, 2.75) is 0 Å². The summed E-state index contributed by atoms with van der Waals surface area (Å²) in [5.41, 5.74) is 6.67. The van der Waals surface area contributed by atoms with Crippen molar-refractivity contribution in [3.63, 3.8) is 0 Å².